The molecular formula is C22H24N2O6. The molecule has 2 aromatic rings. The zero-order chi connectivity index (χ0) is 21.8. The smallest absolute Gasteiger partial charge is 0.407 e. The first-order valence-corrected chi connectivity index (χ1v) is 9.62. The number of carboxylic acids is 1. The predicted octanol–water partition coefficient (Wildman–Crippen LogP) is 1.86. The third-order valence-electron chi connectivity index (χ3n) is 5.12. The number of aliphatic carboxylic acids is 1. The van der Waals surface area contributed by atoms with Crippen molar-refractivity contribution in [2.45, 2.75) is 38.0 Å². The van der Waals surface area contributed by atoms with Gasteiger partial charge in [-0.3, -0.25) is 4.79 Å². The molecule has 0 radical (unpaired) electrons. The molecule has 1 aliphatic rings. The first-order chi connectivity index (χ1) is 14.3. The third kappa shape index (κ3) is 4.44. The van der Waals surface area contributed by atoms with Crippen LogP contribution >= 0.6 is 0 Å². The standard InChI is InChI=1S/C22H24N2O6/c1-12(20(26)24-19(13(2)25)21(27)28)23-22(29)30-11-18-16-9-5-3-7-14(16)15-8-4-6-10-17(15)18/h3-10,12-13,18-19,25H,11H2,1-2H3,(H,23,29)(H,24,26)(H,27,28)/t12-,13-,19+/m1/s1. The van der Waals surface area contributed by atoms with Gasteiger partial charge in [-0.25, -0.2) is 9.59 Å². The van der Waals surface area contributed by atoms with Gasteiger partial charge in [0.25, 0.3) is 0 Å². The highest BCUT2D eigenvalue weighted by atomic mass is 16.5. The number of carbonyl (C=O) groups is 3. The van der Waals surface area contributed by atoms with Crippen molar-refractivity contribution in [2.24, 2.45) is 0 Å². The summed E-state index contributed by atoms with van der Waals surface area (Å²) in [6, 6.07) is 13.3. The van der Waals surface area contributed by atoms with Crippen LogP contribution in [0.15, 0.2) is 48.5 Å². The van der Waals surface area contributed by atoms with E-state index in [9.17, 15) is 19.5 Å². The lowest BCUT2D eigenvalue weighted by molar-refractivity contribution is -0.145. The average Bonchev–Trinajstić information content (AvgIpc) is 3.03. The Kier molecular flexibility index (Phi) is 6.37. The van der Waals surface area contributed by atoms with Crippen LogP contribution in [0, 0.1) is 0 Å². The van der Waals surface area contributed by atoms with Crippen LogP contribution in [0.3, 0.4) is 0 Å². The zero-order valence-electron chi connectivity index (χ0n) is 16.7. The van der Waals surface area contributed by atoms with Crippen LogP contribution < -0.4 is 10.6 Å². The lowest BCUT2D eigenvalue weighted by Crippen LogP contribution is -2.53. The first-order valence-electron chi connectivity index (χ1n) is 9.62. The second-order valence-electron chi connectivity index (χ2n) is 7.26. The molecule has 2 aromatic carbocycles. The van der Waals surface area contributed by atoms with Gasteiger partial charge in [-0.2, -0.15) is 0 Å². The van der Waals surface area contributed by atoms with Gasteiger partial charge in [0.2, 0.25) is 5.91 Å². The van der Waals surface area contributed by atoms with Crippen LogP contribution in [0.5, 0.6) is 0 Å². The van der Waals surface area contributed by atoms with Crippen molar-refractivity contribution in [3.63, 3.8) is 0 Å². The molecule has 8 nitrogen and oxygen atoms in total. The Balaban J connectivity index is 1.60. The summed E-state index contributed by atoms with van der Waals surface area (Å²) in [4.78, 5) is 35.4. The Bertz CT molecular complexity index is 913. The molecule has 0 aliphatic heterocycles. The molecule has 0 unspecified atom stereocenters. The molecule has 30 heavy (non-hydrogen) atoms. The number of benzene rings is 2. The number of aliphatic hydroxyl groups excluding tert-OH is 1. The van der Waals surface area contributed by atoms with Crippen LogP contribution in [-0.4, -0.2) is 53.0 Å². The Morgan fingerprint density at radius 1 is 0.967 bits per heavy atom. The number of carboxylic acid groups (broad SMARTS) is 1. The van der Waals surface area contributed by atoms with Crippen molar-refractivity contribution in [2.75, 3.05) is 6.61 Å². The highest BCUT2D eigenvalue weighted by Gasteiger charge is 2.30. The Morgan fingerprint density at radius 2 is 1.50 bits per heavy atom. The maximum Gasteiger partial charge on any atom is 0.407 e. The Hall–Kier alpha value is -3.39. The number of ether oxygens (including phenoxy) is 1. The van der Waals surface area contributed by atoms with E-state index in [1.54, 1.807) is 0 Å². The van der Waals surface area contributed by atoms with Crippen LogP contribution in [0.2, 0.25) is 0 Å². The van der Waals surface area contributed by atoms with E-state index in [2.05, 4.69) is 10.6 Å². The van der Waals surface area contributed by atoms with Gasteiger partial charge in [-0.1, -0.05) is 48.5 Å². The van der Waals surface area contributed by atoms with Crippen LogP contribution in [0.25, 0.3) is 11.1 Å². The van der Waals surface area contributed by atoms with Crippen molar-refractivity contribution >= 4 is 18.0 Å². The molecule has 0 bridgehead atoms. The number of rotatable bonds is 7. The molecule has 0 saturated carbocycles. The maximum atomic E-state index is 12.2. The topological polar surface area (TPSA) is 125 Å². The van der Waals surface area contributed by atoms with E-state index in [0.29, 0.717) is 0 Å². The van der Waals surface area contributed by atoms with Gasteiger partial charge in [0.1, 0.15) is 12.6 Å². The quantitative estimate of drug-likeness (QED) is 0.550. The molecule has 0 fully saturated rings. The zero-order valence-corrected chi connectivity index (χ0v) is 16.7. The summed E-state index contributed by atoms with van der Waals surface area (Å²) >= 11 is 0. The molecule has 158 valence electrons. The lowest BCUT2D eigenvalue weighted by atomic mass is 9.98. The third-order valence-corrected chi connectivity index (χ3v) is 5.12. The number of nitrogens with one attached hydrogen (secondary N) is 2. The monoisotopic (exact) mass is 412 g/mol. The first kappa shape index (κ1) is 21.3. The molecule has 3 rings (SSSR count). The van der Waals surface area contributed by atoms with Gasteiger partial charge in [-0.15, -0.1) is 0 Å². The average molecular weight is 412 g/mol. The number of alkyl carbamates (subject to hydrolysis) is 1. The Labute approximate surface area is 173 Å². The fourth-order valence-electron chi connectivity index (χ4n) is 3.55. The fraction of sp³-hybridized carbons (Fsp3) is 0.318. The van der Waals surface area contributed by atoms with E-state index in [1.165, 1.54) is 13.8 Å². The summed E-state index contributed by atoms with van der Waals surface area (Å²) in [5.74, 6) is -2.22. The molecule has 0 saturated heterocycles. The predicted molar refractivity (Wildman–Crippen MR) is 109 cm³/mol. The second kappa shape index (κ2) is 8.96. The minimum absolute atomic E-state index is 0.0968. The number of amides is 2. The summed E-state index contributed by atoms with van der Waals surface area (Å²) in [5, 5.41) is 23.1. The van der Waals surface area contributed by atoms with E-state index < -0.39 is 36.2 Å². The van der Waals surface area contributed by atoms with Crippen LogP contribution in [-0.2, 0) is 14.3 Å². The van der Waals surface area contributed by atoms with E-state index in [0.717, 1.165) is 22.3 Å². The fourth-order valence-corrected chi connectivity index (χ4v) is 3.55. The van der Waals surface area contributed by atoms with Crippen molar-refractivity contribution in [3.05, 3.63) is 59.7 Å². The van der Waals surface area contributed by atoms with E-state index in [1.807, 2.05) is 48.5 Å². The van der Waals surface area contributed by atoms with Crippen LogP contribution in [0.4, 0.5) is 4.79 Å². The van der Waals surface area contributed by atoms with Crippen molar-refractivity contribution < 1.29 is 29.3 Å². The number of carbonyl (C=O) groups excluding carboxylic acids is 2. The summed E-state index contributed by atoms with van der Waals surface area (Å²) in [5.41, 5.74) is 4.34. The molecule has 0 aromatic heterocycles. The van der Waals surface area contributed by atoms with E-state index >= 15 is 0 Å². The summed E-state index contributed by atoms with van der Waals surface area (Å²) < 4.78 is 5.36. The molecule has 1 aliphatic carbocycles. The molecule has 4 N–H and O–H groups in total. The molecule has 0 spiro atoms. The summed E-state index contributed by atoms with van der Waals surface area (Å²) in [6.07, 6.45) is -2.07. The molecule has 8 heteroatoms. The minimum Gasteiger partial charge on any atom is -0.480 e. The summed E-state index contributed by atoms with van der Waals surface area (Å²) in [7, 11) is 0. The van der Waals surface area contributed by atoms with Gasteiger partial charge in [0, 0.05) is 5.92 Å². The normalized spacial score (nSPS) is 15.3. The van der Waals surface area contributed by atoms with E-state index in [4.69, 9.17) is 9.84 Å². The van der Waals surface area contributed by atoms with Gasteiger partial charge in [0.05, 0.1) is 6.10 Å². The SMILES string of the molecule is C[C@@H](NC(=O)OCC1c2ccccc2-c2ccccc21)C(=O)N[C@H](C(=O)O)[C@@H](C)O. The van der Waals surface area contributed by atoms with Gasteiger partial charge in [0.15, 0.2) is 6.04 Å². The number of aliphatic hydroxyl groups is 1. The molecule has 0 heterocycles. The molecule has 3 atom stereocenters. The maximum absolute atomic E-state index is 12.2. The summed E-state index contributed by atoms with van der Waals surface area (Å²) in [6.45, 7) is 2.75. The molecule has 2 amide bonds. The number of hydrogen-bond donors (Lipinski definition) is 4. The number of fused-ring (bicyclic) bond motifs is 3. The van der Waals surface area contributed by atoms with Crippen molar-refractivity contribution in [3.8, 4) is 11.1 Å². The molecular weight excluding hydrogens is 388 g/mol. The van der Waals surface area contributed by atoms with Crippen molar-refractivity contribution in [1.29, 1.82) is 0 Å². The highest BCUT2D eigenvalue weighted by Crippen LogP contribution is 2.44. The van der Waals surface area contributed by atoms with Gasteiger partial charge >= 0.3 is 12.1 Å². The van der Waals surface area contributed by atoms with Gasteiger partial charge < -0.3 is 25.6 Å². The van der Waals surface area contributed by atoms with Crippen LogP contribution in [0.1, 0.15) is 30.9 Å². The lowest BCUT2D eigenvalue weighted by Gasteiger charge is -2.21. The van der Waals surface area contributed by atoms with Gasteiger partial charge in [-0.05, 0) is 36.1 Å². The minimum atomic E-state index is -1.47. The highest BCUT2D eigenvalue weighted by molar-refractivity contribution is 5.89. The van der Waals surface area contributed by atoms with Crippen molar-refractivity contribution in [1.82, 2.24) is 10.6 Å². The van der Waals surface area contributed by atoms with E-state index in [-0.39, 0.29) is 12.5 Å². The number of hydrogen-bond acceptors (Lipinski definition) is 5. The second-order valence-corrected chi connectivity index (χ2v) is 7.26. The Morgan fingerprint density at radius 3 is 2.00 bits per heavy atom. The largest absolute Gasteiger partial charge is 0.480 e.